The molecule has 0 aliphatic heterocycles. The summed E-state index contributed by atoms with van der Waals surface area (Å²) < 4.78 is 0. The molecule has 0 spiro atoms. The molecule has 0 unspecified atom stereocenters. The summed E-state index contributed by atoms with van der Waals surface area (Å²) in [6.45, 7) is 2.27. The number of unbranched alkanes of at least 4 members (excludes halogenated alkanes) is 8. The molecule has 0 fully saturated rings. The van der Waals surface area contributed by atoms with Crippen LogP contribution in [0.5, 0.6) is 0 Å². The third-order valence-electron chi connectivity index (χ3n) is 3.61. The number of nitrogens with two attached hydrogens (primary N) is 2. The van der Waals surface area contributed by atoms with Crippen LogP contribution in [-0.4, -0.2) is 22.0 Å². The van der Waals surface area contributed by atoms with E-state index in [0.717, 1.165) is 5.69 Å². The highest BCUT2D eigenvalue weighted by molar-refractivity contribution is 7.99. The van der Waals surface area contributed by atoms with Crippen LogP contribution in [0.4, 0.5) is 5.69 Å². The summed E-state index contributed by atoms with van der Waals surface area (Å²) in [6, 6.07) is 8.08. The Labute approximate surface area is 160 Å². The molecule has 1 aromatic rings. The van der Waals surface area contributed by atoms with Gasteiger partial charge in [-0.05, 0) is 36.4 Å². The summed E-state index contributed by atoms with van der Waals surface area (Å²) in [5.74, 6) is 1.30. The van der Waals surface area contributed by atoms with Crippen molar-refractivity contribution in [3.63, 3.8) is 0 Å². The summed E-state index contributed by atoms with van der Waals surface area (Å²) in [5.41, 5.74) is 11.5. The molecule has 148 valence electrons. The zero-order valence-corrected chi connectivity index (χ0v) is 16.4. The van der Waals surface area contributed by atoms with Crippen LogP contribution in [0.3, 0.4) is 0 Å². The van der Waals surface area contributed by atoms with Crippen LogP contribution in [0.1, 0.15) is 64.7 Å². The molecule has 0 bridgehead atoms. The monoisotopic (exact) mass is 384 g/mol. The number of guanidine groups is 1. The normalized spacial score (nSPS) is 9.88. The van der Waals surface area contributed by atoms with E-state index in [1.807, 2.05) is 23.9 Å². The highest BCUT2D eigenvalue weighted by Gasteiger charge is 1.96. The van der Waals surface area contributed by atoms with Gasteiger partial charge in [0, 0.05) is 4.90 Å². The van der Waals surface area contributed by atoms with E-state index in [2.05, 4.69) is 24.0 Å². The maximum absolute atomic E-state index is 8.36. The number of nitrogens with zero attached hydrogens (tertiary/aromatic N) is 2. The fourth-order valence-electron chi connectivity index (χ4n) is 2.37. The molecule has 26 heavy (non-hydrogen) atoms. The Morgan fingerprint density at radius 3 is 1.96 bits per heavy atom. The molecule has 0 aromatic heterocycles. The fourth-order valence-corrected chi connectivity index (χ4v) is 3.28. The molecule has 0 saturated carbocycles. The molecular weight excluding hydrogens is 352 g/mol. The van der Waals surface area contributed by atoms with Crippen LogP contribution in [0, 0.1) is 10.1 Å². The minimum atomic E-state index is -1.50. The van der Waals surface area contributed by atoms with Crippen molar-refractivity contribution >= 4 is 23.4 Å². The molecule has 0 atom stereocenters. The summed E-state index contributed by atoms with van der Waals surface area (Å²) >= 11 is 1.91. The van der Waals surface area contributed by atoms with Gasteiger partial charge in [0.1, 0.15) is 0 Å². The topological polar surface area (TPSA) is 128 Å². The lowest BCUT2D eigenvalue weighted by Gasteiger charge is -2.03. The second kappa shape index (κ2) is 16.5. The van der Waals surface area contributed by atoms with Gasteiger partial charge < -0.3 is 16.7 Å². The first-order valence-corrected chi connectivity index (χ1v) is 10.1. The van der Waals surface area contributed by atoms with Crippen molar-refractivity contribution < 1.29 is 10.3 Å². The number of hydrogen-bond donors (Lipinski definition) is 3. The highest BCUT2D eigenvalue weighted by atomic mass is 32.2. The Balaban J connectivity index is 0.00000141. The van der Waals surface area contributed by atoms with E-state index >= 15 is 0 Å². The Morgan fingerprint density at radius 2 is 1.50 bits per heavy atom. The predicted molar refractivity (Wildman–Crippen MR) is 109 cm³/mol. The van der Waals surface area contributed by atoms with Gasteiger partial charge in [-0.25, -0.2) is 4.99 Å². The van der Waals surface area contributed by atoms with Gasteiger partial charge >= 0.3 is 0 Å². The van der Waals surface area contributed by atoms with Crippen LogP contribution >= 0.6 is 11.8 Å². The molecule has 0 radical (unpaired) electrons. The number of thioether (sulfide) groups is 1. The van der Waals surface area contributed by atoms with Gasteiger partial charge in [0.05, 0.1) is 5.69 Å². The lowest BCUT2D eigenvalue weighted by atomic mass is 10.1. The second-order valence-corrected chi connectivity index (χ2v) is 7.11. The molecule has 7 nitrogen and oxygen atoms in total. The van der Waals surface area contributed by atoms with Crippen LogP contribution in [0.2, 0.25) is 0 Å². The third-order valence-corrected chi connectivity index (χ3v) is 4.71. The molecule has 8 heteroatoms. The molecule has 5 N–H and O–H groups in total. The Bertz CT molecular complexity index is 502. The third kappa shape index (κ3) is 16.9. The van der Waals surface area contributed by atoms with Gasteiger partial charge in [-0.1, -0.05) is 58.3 Å². The average Bonchev–Trinajstić information content (AvgIpc) is 2.57. The average molecular weight is 385 g/mol. The first-order chi connectivity index (χ1) is 12.5. The van der Waals surface area contributed by atoms with Crippen LogP contribution in [0.15, 0.2) is 34.2 Å². The van der Waals surface area contributed by atoms with E-state index in [9.17, 15) is 0 Å². The van der Waals surface area contributed by atoms with Crippen molar-refractivity contribution in [2.75, 3.05) is 5.75 Å². The van der Waals surface area contributed by atoms with E-state index in [0.29, 0.717) is 0 Å². The zero-order chi connectivity index (χ0) is 19.6. The molecule has 1 aromatic carbocycles. The van der Waals surface area contributed by atoms with Crippen molar-refractivity contribution in [2.45, 2.75) is 69.6 Å². The van der Waals surface area contributed by atoms with Gasteiger partial charge in [-0.2, -0.15) is 0 Å². The fraction of sp³-hybridized carbons (Fsp3) is 0.611. The zero-order valence-electron chi connectivity index (χ0n) is 15.6. The molecule has 1 rings (SSSR count). The standard InChI is InChI=1S/C18H31N3S.HNO3/c1-2-3-4-5-6-7-8-9-10-15-22-17-13-11-16(12-14-17)21-18(19)20;2-1(3)4/h11-14H,2-10,15H2,1H3,(H4,19,20,21);(H,2,3,4). The van der Waals surface area contributed by atoms with Gasteiger partial charge in [0.15, 0.2) is 5.96 Å². The maximum Gasteiger partial charge on any atom is 0.291 e. The molecule has 0 aliphatic carbocycles. The van der Waals surface area contributed by atoms with E-state index in [1.165, 1.54) is 68.4 Å². The summed E-state index contributed by atoms with van der Waals surface area (Å²) in [5, 5.41) is 13.6. The quantitative estimate of drug-likeness (QED) is 0.118. The van der Waals surface area contributed by atoms with Crippen molar-refractivity contribution in [3.05, 3.63) is 34.4 Å². The summed E-state index contributed by atoms with van der Waals surface area (Å²) in [7, 11) is 0. The Morgan fingerprint density at radius 1 is 1.04 bits per heavy atom. The van der Waals surface area contributed by atoms with Gasteiger partial charge in [-0.3, -0.25) is 0 Å². The van der Waals surface area contributed by atoms with Crippen LogP contribution < -0.4 is 11.5 Å². The van der Waals surface area contributed by atoms with Crippen molar-refractivity contribution in [1.29, 1.82) is 0 Å². The van der Waals surface area contributed by atoms with Crippen molar-refractivity contribution in [3.8, 4) is 0 Å². The molecule has 0 aliphatic rings. The number of rotatable bonds is 12. The minimum absolute atomic E-state index is 0.107. The number of aliphatic imine (C=N–C) groups is 1. The largest absolute Gasteiger partial charge is 0.370 e. The second-order valence-electron chi connectivity index (χ2n) is 5.95. The SMILES string of the molecule is CCCCCCCCCCCSc1ccc(N=C(N)N)cc1.O=[N+]([O-])O. The van der Waals surface area contributed by atoms with Crippen molar-refractivity contribution in [2.24, 2.45) is 16.5 Å². The lowest BCUT2D eigenvalue weighted by molar-refractivity contribution is -0.742. The van der Waals surface area contributed by atoms with Crippen LogP contribution in [-0.2, 0) is 0 Å². The van der Waals surface area contributed by atoms with E-state index in [4.69, 9.17) is 26.8 Å². The van der Waals surface area contributed by atoms with Crippen LogP contribution in [0.25, 0.3) is 0 Å². The van der Waals surface area contributed by atoms with Crippen molar-refractivity contribution in [1.82, 2.24) is 0 Å². The highest BCUT2D eigenvalue weighted by Crippen LogP contribution is 2.23. The maximum atomic E-state index is 8.36. The molecule has 0 saturated heterocycles. The van der Waals surface area contributed by atoms with Gasteiger partial charge in [0.2, 0.25) is 0 Å². The van der Waals surface area contributed by atoms with E-state index in [-0.39, 0.29) is 5.96 Å². The predicted octanol–water partition coefficient (Wildman–Crippen LogP) is 4.87. The number of hydrogen-bond acceptors (Lipinski definition) is 4. The smallest absolute Gasteiger partial charge is 0.291 e. The minimum Gasteiger partial charge on any atom is -0.370 e. The van der Waals surface area contributed by atoms with Gasteiger partial charge in [0.25, 0.3) is 5.09 Å². The Kier molecular flexibility index (Phi) is 15.3. The summed E-state index contributed by atoms with van der Waals surface area (Å²) in [6.07, 6.45) is 12.4. The van der Waals surface area contributed by atoms with E-state index in [1.54, 1.807) is 0 Å². The van der Waals surface area contributed by atoms with E-state index < -0.39 is 5.09 Å². The molecule has 0 heterocycles. The summed E-state index contributed by atoms with van der Waals surface area (Å²) in [4.78, 5) is 13.7. The lowest BCUT2D eigenvalue weighted by Crippen LogP contribution is -2.21. The number of benzene rings is 1. The molecule has 0 amide bonds. The first kappa shape index (κ1) is 24.0. The molecular formula is C18H32N4O3S. The first-order valence-electron chi connectivity index (χ1n) is 9.11. The van der Waals surface area contributed by atoms with Gasteiger partial charge in [-0.15, -0.1) is 21.9 Å². The Hall–Kier alpha value is -1.96.